The fourth-order valence-electron chi connectivity index (χ4n) is 10.9. The van der Waals surface area contributed by atoms with Gasteiger partial charge in [0.05, 0.1) is 46.2 Å². The molecule has 2 aliphatic rings. The minimum atomic E-state index is -0.538. The van der Waals surface area contributed by atoms with Crippen molar-refractivity contribution in [2.45, 2.75) is 5.41 Å². The first-order valence-electron chi connectivity index (χ1n) is 21.0. The molecule has 0 amide bonds. The van der Waals surface area contributed by atoms with E-state index in [0.717, 1.165) is 71.9 Å². The van der Waals surface area contributed by atoms with E-state index in [4.69, 9.17) is 0 Å². The van der Waals surface area contributed by atoms with E-state index in [2.05, 4.69) is 184 Å². The van der Waals surface area contributed by atoms with Crippen LogP contribution in [-0.4, -0.2) is 9.97 Å². The highest BCUT2D eigenvalue weighted by Gasteiger charge is 2.52. The minimum Gasteiger partial charge on any atom is -0.307 e. The Morgan fingerprint density at radius 2 is 0.871 bits per heavy atom. The normalized spacial score (nSPS) is 13.0. The first kappa shape index (κ1) is 34.7. The summed E-state index contributed by atoms with van der Waals surface area (Å²) in [7, 11) is 0. The van der Waals surface area contributed by atoms with E-state index in [0.29, 0.717) is 5.69 Å². The van der Waals surface area contributed by atoms with Crippen LogP contribution in [0.25, 0.3) is 54.6 Å². The number of para-hydroxylation sites is 2. The number of rotatable bonds is 6. The zero-order chi connectivity index (χ0) is 40.9. The lowest BCUT2D eigenvalue weighted by Crippen LogP contribution is -2.26. The molecular formula is C57H35FN4. The second-order valence-electron chi connectivity index (χ2n) is 16.2. The van der Waals surface area contributed by atoms with Gasteiger partial charge in [-0.3, -0.25) is 0 Å². The van der Waals surface area contributed by atoms with Crippen molar-refractivity contribution in [1.82, 2.24) is 9.97 Å². The van der Waals surface area contributed by atoms with Gasteiger partial charge in [0.25, 0.3) is 0 Å². The lowest BCUT2D eigenvalue weighted by molar-refractivity contribution is 0.629. The Labute approximate surface area is 357 Å². The Balaban J connectivity index is 1.10. The standard InChI is InChI=1S/C57H35FN4/c58-49-22-10-11-23-52(49)62(53-24-12-21-48-56(53)42-17-6-9-20-47(42)57(48)45-18-7-4-15-40(45)41-16-5-8-19-46(41)57)51-32-28-37-25-29-43-50(31-27-36-26-30-44(51)55(37)54(36)43)61(38-13-2-1-3-14-38)39-33-59-35-60-34-39/h1-35H. The van der Waals surface area contributed by atoms with E-state index in [1.54, 1.807) is 18.5 Å². The zero-order valence-electron chi connectivity index (χ0n) is 33.4. The summed E-state index contributed by atoms with van der Waals surface area (Å²) in [5.74, 6) is -0.292. The van der Waals surface area contributed by atoms with Crippen LogP contribution in [0, 0.1) is 5.82 Å². The summed E-state index contributed by atoms with van der Waals surface area (Å²) < 4.78 is 16.8. The lowest BCUT2D eigenvalue weighted by atomic mass is 9.70. The molecule has 13 rings (SSSR count). The maximum Gasteiger partial charge on any atom is 0.147 e. The molecule has 11 aromatic rings. The number of hydrogen-bond donors (Lipinski definition) is 0. The Hall–Kier alpha value is -8.15. The third kappa shape index (κ3) is 4.65. The number of anilines is 6. The summed E-state index contributed by atoms with van der Waals surface area (Å²) in [6.45, 7) is 0. The van der Waals surface area contributed by atoms with Crippen molar-refractivity contribution in [2.24, 2.45) is 0 Å². The molecule has 4 nitrogen and oxygen atoms in total. The summed E-state index contributed by atoms with van der Waals surface area (Å²) in [6, 6.07) is 68.3. The van der Waals surface area contributed by atoms with Crippen LogP contribution in [0.5, 0.6) is 0 Å². The van der Waals surface area contributed by atoms with Gasteiger partial charge >= 0.3 is 0 Å². The third-order valence-electron chi connectivity index (χ3n) is 13.3. The molecule has 2 aliphatic carbocycles. The van der Waals surface area contributed by atoms with Crippen molar-refractivity contribution in [3.63, 3.8) is 0 Å². The molecule has 1 spiro atoms. The molecule has 290 valence electrons. The summed E-state index contributed by atoms with van der Waals surface area (Å²) in [5.41, 5.74) is 14.4. The smallest absolute Gasteiger partial charge is 0.147 e. The fourth-order valence-corrected chi connectivity index (χ4v) is 10.9. The second-order valence-corrected chi connectivity index (χ2v) is 16.2. The molecule has 0 radical (unpaired) electrons. The summed E-state index contributed by atoms with van der Waals surface area (Å²) >= 11 is 0. The molecule has 10 aromatic carbocycles. The van der Waals surface area contributed by atoms with Gasteiger partial charge in [-0.1, -0.05) is 152 Å². The van der Waals surface area contributed by atoms with Crippen molar-refractivity contribution >= 4 is 66.4 Å². The predicted octanol–water partition coefficient (Wildman–Crippen LogP) is 14.8. The summed E-state index contributed by atoms with van der Waals surface area (Å²) in [4.78, 5) is 13.2. The molecular weight excluding hydrogens is 760 g/mol. The molecule has 1 aromatic heterocycles. The van der Waals surface area contributed by atoms with Crippen LogP contribution in [0.15, 0.2) is 213 Å². The van der Waals surface area contributed by atoms with E-state index in [-0.39, 0.29) is 5.82 Å². The van der Waals surface area contributed by atoms with Gasteiger partial charge in [-0.05, 0) is 103 Å². The van der Waals surface area contributed by atoms with Crippen LogP contribution in [0.1, 0.15) is 22.3 Å². The van der Waals surface area contributed by atoms with Gasteiger partial charge in [-0.25, -0.2) is 14.4 Å². The number of halogens is 1. The van der Waals surface area contributed by atoms with Gasteiger partial charge in [0.1, 0.15) is 12.1 Å². The van der Waals surface area contributed by atoms with Crippen LogP contribution in [0.3, 0.4) is 0 Å². The predicted molar refractivity (Wildman–Crippen MR) is 251 cm³/mol. The highest BCUT2D eigenvalue weighted by Crippen LogP contribution is 2.65. The first-order chi connectivity index (χ1) is 30.7. The van der Waals surface area contributed by atoms with Crippen molar-refractivity contribution in [1.29, 1.82) is 0 Å². The first-order valence-corrected chi connectivity index (χ1v) is 21.0. The summed E-state index contributed by atoms with van der Waals surface area (Å²) in [6.07, 6.45) is 5.27. The maximum atomic E-state index is 16.8. The molecule has 0 saturated heterocycles. The molecule has 0 atom stereocenters. The molecule has 0 aliphatic heterocycles. The zero-order valence-corrected chi connectivity index (χ0v) is 33.4. The van der Waals surface area contributed by atoms with Gasteiger partial charge in [-0.2, -0.15) is 0 Å². The average Bonchev–Trinajstić information content (AvgIpc) is 3.81. The number of fused-ring (bicyclic) bond motifs is 10. The lowest BCUT2D eigenvalue weighted by Gasteiger charge is -2.32. The molecule has 1 heterocycles. The number of hydrogen-bond acceptors (Lipinski definition) is 4. The van der Waals surface area contributed by atoms with E-state index in [1.165, 1.54) is 33.4 Å². The van der Waals surface area contributed by atoms with Crippen LogP contribution in [-0.2, 0) is 5.41 Å². The van der Waals surface area contributed by atoms with Crippen molar-refractivity contribution < 1.29 is 4.39 Å². The average molecular weight is 795 g/mol. The van der Waals surface area contributed by atoms with Crippen LogP contribution in [0.4, 0.5) is 38.5 Å². The largest absolute Gasteiger partial charge is 0.307 e. The number of nitrogens with zero attached hydrogens (tertiary/aromatic N) is 4. The van der Waals surface area contributed by atoms with E-state index in [1.807, 2.05) is 30.6 Å². The van der Waals surface area contributed by atoms with Gasteiger partial charge in [0.2, 0.25) is 0 Å². The highest BCUT2D eigenvalue weighted by molar-refractivity contribution is 6.28. The Morgan fingerprint density at radius 3 is 1.52 bits per heavy atom. The van der Waals surface area contributed by atoms with Crippen molar-refractivity contribution in [3.05, 3.63) is 241 Å². The van der Waals surface area contributed by atoms with E-state index in [9.17, 15) is 0 Å². The van der Waals surface area contributed by atoms with Gasteiger partial charge < -0.3 is 9.80 Å². The topological polar surface area (TPSA) is 32.3 Å². The maximum absolute atomic E-state index is 16.8. The molecule has 0 fully saturated rings. The Bertz CT molecular complexity index is 3480. The molecule has 0 bridgehead atoms. The molecule has 0 saturated carbocycles. The van der Waals surface area contributed by atoms with Gasteiger partial charge in [-0.15, -0.1) is 0 Å². The Kier molecular flexibility index (Phi) is 7.37. The fraction of sp³-hybridized carbons (Fsp3) is 0.0175. The number of aromatic nitrogens is 2. The monoisotopic (exact) mass is 794 g/mol. The van der Waals surface area contributed by atoms with Crippen LogP contribution < -0.4 is 9.80 Å². The number of benzene rings is 10. The third-order valence-corrected chi connectivity index (χ3v) is 13.3. The van der Waals surface area contributed by atoms with Crippen LogP contribution in [0.2, 0.25) is 0 Å². The second kappa shape index (κ2) is 13.2. The van der Waals surface area contributed by atoms with E-state index >= 15 is 4.39 Å². The Morgan fingerprint density at radius 1 is 0.371 bits per heavy atom. The SMILES string of the molecule is Fc1ccccc1N(c1cccc2c1-c1ccccc1C21c2ccccc2-c2ccccc21)c1ccc2ccc3c(N(c4ccccc4)c4cncnc4)ccc4ccc1c2c43. The van der Waals surface area contributed by atoms with E-state index < -0.39 is 5.41 Å². The van der Waals surface area contributed by atoms with Gasteiger partial charge in [0, 0.05) is 22.0 Å². The van der Waals surface area contributed by atoms with Crippen molar-refractivity contribution in [3.8, 4) is 22.3 Å². The van der Waals surface area contributed by atoms with Gasteiger partial charge in [0.15, 0.2) is 0 Å². The van der Waals surface area contributed by atoms with Crippen molar-refractivity contribution in [2.75, 3.05) is 9.80 Å². The molecule has 0 N–H and O–H groups in total. The molecule has 0 unspecified atom stereocenters. The van der Waals surface area contributed by atoms with Crippen LogP contribution >= 0.6 is 0 Å². The molecule has 62 heavy (non-hydrogen) atoms. The quantitative estimate of drug-likeness (QED) is 0.157. The minimum absolute atomic E-state index is 0.292. The highest BCUT2D eigenvalue weighted by atomic mass is 19.1. The molecule has 5 heteroatoms. The summed E-state index contributed by atoms with van der Waals surface area (Å²) in [5, 5.41) is 6.64.